The summed E-state index contributed by atoms with van der Waals surface area (Å²) >= 11 is 0. The fourth-order valence-corrected chi connectivity index (χ4v) is 1.87. The maximum Gasteiger partial charge on any atom is 0.353 e. The van der Waals surface area contributed by atoms with Crippen LogP contribution in [0.4, 0.5) is 4.79 Å². The minimum Gasteiger partial charge on any atom is -0.434 e. The van der Waals surface area contributed by atoms with Crippen molar-refractivity contribution < 1.29 is 19.1 Å². The Hall–Kier alpha value is -1.08. The van der Waals surface area contributed by atoms with Gasteiger partial charge in [-0.05, 0) is 13.3 Å². The lowest BCUT2D eigenvalue weighted by Crippen LogP contribution is -2.57. The number of carbonyl (C=O) groups is 2. The molecule has 1 atom stereocenters. The van der Waals surface area contributed by atoms with Gasteiger partial charge in [0.15, 0.2) is 0 Å². The monoisotopic (exact) mass is 228 g/mol. The first-order chi connectivity index (χ1) is 7.65. The Kier molecular flexibility index (Phi) is 4.76. The van der Waals surface area contributed by atoms with Crippen molar-refractivity contribution in [2.75, 3.05) is 27.3 Å². The molecule has 0 saturated carbocycles. The number of likely N-dealkylation sites (N-methyl/N-ethyl adjacent to an activating group) is 1. The van der Waals surface area contributed by atoms with E-state index in [9.17, 15) is 9.59 Å². The fraction of sp³-hybridized carbons (Fsp3) is 0.778. The molecule has 2 amide bonds. The number of carbonyl (C=O) groups excluding carboxylic acids is 2. The Morgan fingerprint density at radius 1 is 1.56 bits per heavy atom. The van der Waals surface area contributed by atoms with E-state index >= 15 is 0 Å². The molecule has 0 unspecified atom stereocenters. The van der Waals surface area contributed by atoms with Gasteiger partial charge >= 0.3 is 13.5 Å². The van der Waals surface area contributed by atoms with Crippen LogP contribution >= 0.6 is 0 Å². The summed E-state index contributed by atoms with van der Waals surface area (Å²) in [6, 6.07) is -0.644. The van der Waals surface area contributed by atoms with E-state index in [0.717, 1.165) is 0 Å². The van der Waals surface area contributed by atoms with E-state index in [0.29, 0.717) is 19.5 Å². The zero-order chi connectivity index (χ0) is 12.1. The molecule has 1 aliphatic rings. The minimum absolute atomic E-state index is 0.0431. The van der Waals surface area contributed by atoms with Gasteiger partial charge in [0.25, 0.3) is 0 Å². The zero-order valence-electron chi connectivity index (χ0n) is 9.93. The minimum atomic E-state index is -0.385. The van der Waals surface area contributed by atoms with Crippen LogP contribution in [0.2, 0.25) is 0 Å². The standard InChI is InChI=1S/C9H17BN2O4/c1-4-11-7(8(13)10-15-2)5-6-12(16-3)9(11)14/h7,10H,4-6H2,1-3H3/t7-/m0/s1. The van der Waals surface area contributed by atoms with Gasteiger partial charge in [-0.2, -0.15) is 0 Å². The summed E-state index contributed by atoms with van der Waals surface area (Å²) in [6.07, 6.45) is 0.579. The number of nitrogens with zero attached hydrogens (tertiary/aromatic N) is 2. The predicted octanol–water partition coefficient (Wildman–Crippen LogP) is -0.412. The summed E-state index contributed by atoms with van der Waals surface area (Å²) in [7, 11) is 2.96. The fourth-order valence-electron chi connectivity index (χ4n) is 1.87. The van der Waals surface area contributed by atoms with Crippen LogP contribution in [0.3, 0.4) is 0 Å². The van der Waals surface area contributed by atoms with Crippen LogP contribution in [0, 0.1) is 0 Å². The summed E-state index contributed by atoms with van der Waals surface area (Å²) in [4.78, 5) is 30.0. The van der Waals surface area contributed by atoms with Crippen molar-refractivity contribution in [2.45, 2.75) is 19.4 Å². The Bertz CT molecular complexity index is 274. The molecule has 90 valence electrons. The maximum absolute atomic E-state index is 11.8. The van der Waals surface area contributed by atoms with Gasteiger partial charge in [0, 0.05) is 13.7 Å². The molecule has 0 aromatic heterocycles. The number of amides is 2. The molecular formula is C9H17BN2O4. The molecular weight excluding hydrogens is 211 g/mol. The van der Waals surface area contributed by atoms with Gasteiger partial charge in [-0.1, -0.05) is 0 Å². The van der Waals surface area contributed by atoms with E-state index < -0.39 is 0 Å². The molecule has 0 spiro atoms. The lowest BCUT2D eigenvalue weighted by molar-refractivity contribution is -0.131. The quantitative estimate of drug-likeness (QED) is 0.600. The van der Waals surface area contributed by atoms with Crippen LogP contribution in [-0.4, -0.2) is 62.5 Å². The third kappa shape index (κ3) is 2.54. The highest BCUT2D eigenvalue weighted by Crippen LogP contribution is 2.16. The van der Waals surface area contributed by atoms with E-state index in [4.69, 9.17) is 9.49 Å². The summed E-state index contributed by atoms with van der Waals surface area (Å²) < 4.78 is 4.81. The van der Waals surface area contributed by atoms with Crippen molar-refractivity contribution in [3.05, 3.63) is 0 Å². The van der Waals surface area contributed by atoms with Gasteiger partial charge in [-0.15, -0.1) is 0 Å². The number of hydrogen-bond donors (Lipinski definition) is 0. The number of hydrogen-bond acceptors (Lipinski definition) is 4. The molecule has 1 aliphatic heterocycles. The highest BCUT2D eigenvalue weighted by atomic mass is 16.7. The summed E-state index contributed by atoms with van der Waals surface area (Å²) in [5.41, 5.74) is -0.0616. The first-order valence-corrected chi connectivity index (χ1v) is 5.29. The second-order valence-electron chi connectivity index (χ2n) is 3.56. The van der Waals surface area contributed by atoms with E-state index in [2.05, 4.69) is 0 Å². The maximum atomic E-state index is 11.8. The Balaban J connectivity index is 2.73. The lowest BCUT2D eigenvalue weighted by Gasteiger charge is -2.38. The van der Waals surface area contributed by atoms with Crippen molar-refractivity contribution in [1.29, 1.82) is 0 Å². The third-order valence-electron chi connectivity index (χ3n) is 2.66. The molecule has 7 heteroatoms. The molecule has 6 nitrogen and oxygen atoms in total. The smallest absolute Gasteiger partial charge is 0.353 e. The summed E-state index contributed by atoms with van der Waals surface area (Å²) in [5, 5.41) is 1.26. The van der Waals surface area contributed by atoms with Crippen LogP contribution < -0.4 is 0 Å². The van der Waals surface area contributed by atoms with E-state index in [1.165, 1.54) is 24.2 Å². The summed E-state index contributed by atoms with van der Waals surface area (Å²) in [6.45, 7) is 2.76. The zero-order valence-corrected chi connectivity index (χ0v) is 9.93. The topological polar surface area (TPSA) is 59.1 Å². The van der Waals surface area contributed by atoms with Crippen molar-refractivity contribution in [3.63, 3.8) is 0 Å². The van der Waals surface area contributed by atoms with E-state index in [1.54, 1.807) is 0 Å². The second kappa shape index (κ2) is 5.86. The van der Waals surface area contributed by atoms with Crippen LogP contribution in [0.5, 0.6) is 0 Å². The largest absolute Gasteiger partial charge is 0.434 e. The van der Waals surface area contributed by atoms with Crippen LogP contribution in [-0.2, 0) is 14.3 Å². The predicted molar refractivity (Wildman–Crippen MR) is 59.1 cm³/mol. The van der Waals surface area contributed by atoms with Crippen molar-refractivity contribution >= 4 is 19.2 Å². The van der Waals surface area contributed by atoms with Crippen molar-refractivity contribution in [3.8, 4) is 0 Å². The van der Waals surface area contributed by atoms with Gasteiger partial charge in [0.05, 0.1) is 19.7 Å². The SMILES string of the molecule is CCN1C(=O)N(OC)CC[C@H]1C(=O)BOC. The molecule has 0 aliphatic carbocycles. The second-order valence-corrected chi connectivity index (χ2v) is 3.56. The molecule has 1 heterocycles. The number of hydroxylamine groups is 2. The third-order valence-corrected chi connectivity index (χ3v) is 2.66. The molecule has 0 radical (unpaired) electrons. The van der Waals surface area contributed by atoms with Gasteiger partial charge in [0.1, 0.15) is 5.68 Å². The Morgan fingerprint density at radius 2 is 2.25 bits per heavy atom. The molecule has 0 bridgehead atoms. The summed E-state index contributed by atoms with van der Waals surface area (Å²) in [5.74, 6) is 0. The molecule has 1 saturated heterocycles. The molecule has 0 N–H and O–H groups in total. The Labute approximate surface area is 95.7 Å². The van der Waals surface area contributed by atoms with Gasteiger partial charge < -0.3 is 14.3 Å². The number of urea groups is 1. The average Bonchev–Trinajstić information content (AvgIpc) is 2.28. The van der Waals surface area contributed by atoms with E-state index in [1.807, 2.05) is 6.92 Å². The number of rotatable bonds is 5. The molecule has 0 aromatic carbocycles. The average molecular weight is 228 g/mol. The van der Waals surface area contributed by atoms with Crippen molar-refractivity contribution in [2.24, 2.45) is 0 Å². The van der Waals surface area contributed by atoms with Gasteiger partial charge in [-0.25, -0.2) is 9.86 Å². The van der Waals surface area contributed by atoms with Crippen molar-refractivity contribution in [1.82, 2.24) is 9.96 Å². The molecule has 1 rings (SSSR count). The highest BCUT2D eigenvalue weighted by molar-refractivity contribution is 6.70. The van der Waals surface area contributed by atoms with Gasteiger partial charge in [0.2, 0.25) is 0 Å². The molecule has 0 aromatic rings. The Morgan fingerprint density at radius 3 is 2.75 bits per heavy atom. The first kappa shape index (κ1) is 13.0. The van der Waals surface area contributed by atoms with Crippen LogP contribution in [0.1, 0.15) is 13.3 Å². The highest BCUT2D eigenvalue weighted by Gasteiger charge is 2.36. The normalized spacial score (nSPS) is 21.2. The van der Waals surface area contributed by atoms with E-state index in [-0.39, 0.29) is 25.2 Å². The first-order valence-electron chi connectivity index (χ1n) is 5.29. The molecule has 1 fully saturated rings. The molecule has 16 heavy (non-hydrogen) atoms. The van der Waals surface area contributed by atoms with Crippen LogP contribution in [0.15, 0.2) is 0 Å². The lowest BCUT2D eigenvalue weighted by atomic mass is 9.84. The van der Waals surface area contributed by atoms with Gasteiger partial charge in [-0.3, -0.25) is 4.84 Å². The van der Waals surface area contributed by atoms with Crippen LogP contribution in [0.25, 0.3) is 0 Å².